The molecule has 0 radical (unpaired) electrons. The van der Waals surface area contributed by atoms with Gasteiger partial charge in [-0.15, -0.1) is 0 Å². The van der Waals surface area contributed by atoms with Crippen LogP contribution in [-0.2, 0) is 4.79 Å². The predicted octanol–water partition coefficient (Wildman–Crippen LogP) is 9.20. The molecule has 0 bridgehead atoms. The molecule has 186 valence electrons. The average Bonchev–Trinajstić information content (AvgIpc) is 2.74. The summed E-state index contributed by atoms with van der Waals surface area (Å²) in [4.78, 5) is 10.5. The minimum atomic E-state index is -0.763. The highest BCUT2D eigenvalue weighted by atomic mass is 16.4. The summed E-state index contributed by atoms with van der Waals surface area (Å²) in [6, 6.07) is 0. The molecule has 0 aromatic rings. The second-order valence-corrected chi connectivity index (χ2v) is 9.80. The van der Waals surface area contributed by atoms with Crippen molar-refractivity contribution < 1.29 is 15.0 Å². The van der Waals surface area contributed by atoms with Gasteiger partial charge in [0.15, 0.2) is 0 Å². The molecule has 0 aliphatic rings. The van der Waals surface area contributed by atoms with Crippen molar-refractivity contribution >= 4 is 5.97 Å². The van der Waals surface area contributed by atoms with E-state index in [0.717, 1.165) is 12.8 Å². The monoisotopic (exact) mass is 440 g/mol. The lowest BCUT2D eigenvalue weighted by Gasteiger charge is -2.09. The Kier molecular flexibility index (Phi) is 25.2. The van der Waals surface area contributed by atoms with Crippen LogP contribution in [0.3, 0.4) is 0 Å². The maximum atomic E-state index is 10.5. The van der Waals surface area contributed by atoms with Crippen LogP contribution in [-0.4, -0.2) is 22.3 Å². The van der Waals surface area contributed by atoms with Crippen molar-refractivity contribution in [2.24, 2.45) is 0 Å². The van der Waals surface area contributed by atoms with E-state index in [1.54, 1.807) is 0 Å². The molecule has 0 aromatic carbocycles. The normalized spacial score (nSPS) is 12.3. The zero-order chi connectivity index (χ0) is 22.8. The lowest BCUT2D eigenvalue weighted by Crippen LogP contribution is -2.07. The first-order valence-corrected chi connectivity index (χ1v) is 14.1. The fourth-order valence-corrected chi connectivity index (χ4v) is 4.45. The molecule has 0 spiro atoms. The van der Waals surface area contributed by atoms with Gasteiger partial charge in [0.2, 0.25) is 0 Å². The second kappa shape index (κ2) is 25.7. The number of aliphatic carboxylic acids is 1. The van der Waals surface area contributed by atoms with Crippen LogP contribution >= 0.6 is 0 Å². The summed E-state index contributed by atoms with van der Waals surface area (Å²) in [7, 11) is 0. The fraction of sp³-hybridized carbons (Fsp3) is 0.964. The summed E-state index contributed by atoms with van der Waals surface area (Å²) in [6.07, 6.45) is 31.1. The molecular weight excluding hydrogens is 384 g/mol. The van der Waals surface area contributed by atoms with Crippen molar-refractivity contribution in [1.29, 1.82) is 0 Å². The Hall–Kier alpha value is -0.570. The molecule has 3 nitrogen and oxygen atoms in total. The van der Waals surface area contributed by atoms with Crippen LogP contribution in [0.2, 0.25) is 0 Å². The van der Waals surface area contributed by atoms with Gasteiger partial charge in [0.1, 0.15) is 0 Å². The van der Waals surface area contributed by atoms with Gasteiger partial charge in [0, 0.05) is 6.42 Å². The number of hydrogen-bond acceptors (Lipinski definition) is 2. The number of carboxylic acid groups (broad SMARTS) is 1. The lowest BCUT2D eigenvalue weighted by molar-refractivity contribution is -0.137. The van der Waals surface area contributed by atoms with Crippen molar-refractivity contribution in [2.45, 2.75) is 174 Å². The van der Waals surface area contributed by atoms with E-state index in [-0.39, 0.29) is 12.5 Å². The van der Waals surface area contributed by atoms with Crippen LogP contribution in [0.25, 0.3) is 0 Å². The molecular formula is C28H56O3. The van der Waals surface area contributed by atoms with Gasteiger partial charge >= 0.3 is 5.97 Å². The molecule has 0 saturated carbocycles. The maximum absolute atomic E-state index is 10.5. The molecule has 1 unspecified atom stereocenters. The Morgan fingerprint density at radius 3 is 1.13 bits per heavy atom. The average molecular weight is 441 g/mol. The zero-order valence-electron chi connectivity index (χ0n) is 21.1. The minimum Gasteiger partial charge on any atom is -0.481 e. The summed E-state index contributed by atoms with van der Waals surface area (Å²) >= 11 is 0. The Labute approximate surface area is 194 Å². The smallest absolute Gasteiger partial charge is 0.303 e. The lowest BCUT2D eigenvalue weighted by atomic mass is 10.0. The molecule has 2 N–H and O–H groups in total. The number of unbranched alkanes of at least 4 members (excludes halogenated alkanes) is 20. The van der Waals surface area contributed by atoms with Gasteiger partial charge in [-0.1, -0.05) is 142 Å². The van der Waals surface area contributed by atoms with Gasteiger partial charge in [-0.2, -0.15) is 0 Å². The molecule has 31 heavy (non-hydrogen) atoms. The molecule has 0 aliphatic carbocycles. The van der Waals surface area contributed by atoms with E-state index in [1.807, 2.05) is 0 Å². The number of carboxylic acids is 1. The molecule has 0 rings (SSSR count). The van der Waals surface area contributed by atoms with Gasteiger partial charge in [-0.3, -0.25) is 4.79 Å². The SMILES string of the molecule is CCCCCCCCCCCCCCCCCCCCCCCC(O)CCCC(=O)O. The predicted molar refractivity (Wildman–Crippen MR) is 135 cm³/mol. The van der Waals surface area contributed by atoms with E-state index in [2.05, 4.69) is 6.92 Å². The topological polar surface area (TPSA) is 57.5 Å². The van der Waals surface area contributed by atoms with Crippen LogP contribution in [0.15, 0.2) is 0 Å². The second-order valence-electron chi connectivity index (χ2n) is 9.80. The third-order valence-corrected chi connectivity index (χ3v) is 6.57. The van der Waals surface area contributed by atoms with Crippen molar-refractivity contribution in [3.05, 3.63) is 0 Å². The Morgan fingerprint density at radius 1 is 0.516 bits per heavy atom. The number of aliphatic hydroxyl groups excluding tert-OH is 1. The molecule has 0 saturated heterocycles. The standard InChI is InChI=1S/C28H56O3/c1-2-3-4-5-6-7-8-9-10-11-12-13-14-15-16-17-18-19-20-21-22-24-27(29)25-23-26-28(30)31/h27,29H,2-26H2,1H3,(H,30,31). The van der Waals surface area contributed by atoms with E-state index in [4.69, 9.17) is 5.11 Å². The number of hydrogen-bond donors (Lipinski definition) is 2. The quantitative estimate of drug-likeness (QED) is 0.132. The first-order valence-electron chi connectivity index (χ1n) is 14.1. The highest BCUT2D eigenvalue weighted by molar-refractivity contribution is 5.66. The highest BCUT2D eigenvalue weighted by Crippen LogP contribution is 2.16. The number of carbonyl (C=O) groups is 1. The van der Waals surface area contributed by atoms with E-state index in [9.17, 15) is 9.90 Å². The third kappa shape index (κ3) is 27.4. The van der Waals surface area contributed by atoms with Crippen LogP contribution in [0, 0.1) is 0 Å². The van der Waals surface area contributed by atoms with Gasteiger partial charge < -0.3 is 10.2 Å². The largest absolute Gasteiger partial charge is 0.481 e. The van der Waals surface area contributed by atoms with Crippen molar-refractivity contribution in [1.82, 2.24) is 0 Å². The molecule has 0 heterocycles. The summed E-state index contributed by atoms with van der Waals surface area (Å²) in [5, 5.41) is 18.4. The van der Waals surface area contributed by atoms with Crippen molar-refractivity contribution in [3.63, 3.8) is 0 Å². The molecule has 0 amide bonds. The Morgan fingerprint density at radius 2 is 0.806 bits per heavy atom. The van der Waals surface area contributed by atoms with E-state index >= 15 is 0 Å². The minimum absolute atomic E-state index is 0.177. The number of aliphatic hydroxyl groups is 1. The van der Waals surface area contributed by atoms with Crippen LogP contribution < -0.4 is 0 Å². The Balaban J connectivity index is 3.08. The number of rotatable bonds is 26. The van der Waals surface area contributed by atoms with Gasteiger partial charge in [0.25, 0.3) is 0 Å². The van der Waals surface area contributed by atoms with Crippen LogP contribution in [0.5, 0.6) is 0 Å². The van der Waals surface area contributed by atoms with E-state index in [0.29, 0.717) is 12.8 Å². The highest BCUT2D eigenvalue weighted by Gasteiger charge is 2.05. The third-order valence-electron chi connectivity index (χ3n) is 6.57. The fourth-order valence-electron chi connectivity index (χ4n) is 4.45. The molecule has 3 heteroatoms. The zero-order valence-corrected chi connectivity index (χ0v) is 21.1. The Bertz CT molecular complexity index is 356. The molecule has 1 atom stereocenters. The van der Waals surface area contributed by atoms with Crippen molar-refractivity contribution in [2.75, 3.05) is 0 Å². The molecule has 0 fully saturated rings. The van der Waals surface area contributed by atoms with Crippen LogP contribution in [0.1, 0.15) is 167 Å². The van der Waals surface area contributed by atoms with Gasteiger partial charge in [-0.05, 0) is 19.3 Å². The first kappa shape index (κ1) is 30.4. The van der Waals surface area contributed by atoms with E-state index < -0.39 is 5.97 Å². The van der Waals surface area contributed by atoms with E-state index in [1.165, 1.54) is 128 Å². The summed E-state index contributed by atoms with van der Waals surface area (Å²) < 4.78 is 0. The summed E-state index contributed by atoms with van der Waals surface area (Å²) in [6.45, 7) is 2.29. The molecule has 0 aromatic heterocycles. The van der Waals surface area contributed by atoms with Gasteiger partial charge in [0.05, 0.1) is 6.10 Å². The first-order chi connectivity index (χ1) is 15.2. The summed E-state index contributed by atoms with van der Waals surface area (Å²) in [5.41, 5.74) is 0. The van der Waals surface area contributed by atoms with Gasteiger partial charge in [-0.25, -0.2) is 0 Å². The summed E-state index contributed by atoms with van der Waals surface area (Å²) in [5.74, 6) is -0.763. The maximum Gasteiger partial charge on any atom is 0.303 e. The van der Waals surface area contributed by atoms with Crippen LogP contribution in [0.4, 0.5) is 0 Å². The molecule has 0 aliphatic heterocycles. The van der Waals surface area contributed by atoms with Crippen molar-refractivity contribution in [3.8, 4) is 0 Å².